The van der Waals surface area contributed by atoms with Crippen LogP contribution in [-0.2, 0) is 4.74 Å². The van der Waals surface area contributed by atoms with Crippen LogP contribution in [0, 0.1) is 0 Å². The highest BCUT2D eigenvalue weighted by Gasteiger charge is 2.36. The van der Waals surface area contributed by atoms with Gasteiger partial charge in [0.1, 0.15) is 11.9 Å². The number of rotatable bonds is 1. The second-order valence-electron chi connectivity index (χ2n) is 5.24. The van der Waals surface area contributed by atoms with E-state index in [4.69, 9.17) is 15.2 Å². The molecule has 2 aliphatic rings. The molecule has 0 saturated carbocycles. The van der Waals surface area contributed by atoms with Crippen molar-refractivity contribution in [1.82, 2.24) is 0 Å². The van der Waals surface area contributed by atoms with Crippen LogP contribution in [0.5, 0.6) is 5.75 Å². The second kappa shape index (κ2) is 4.83. The summed E-state index contributed by atoms with van der Waals surface area (Å²) in [5, 5.41) is 0. The zero-order chi connectivity index (χ0) is 12.7. The van der Waals surface area contributed by atoms with Crippen molar-refractivity contribution < 1.29 is 9.47 Å². The van der Waals surface area contributed by atoms with Crippen molar-refractivity contribution in [2.45, 2.75) is 50.5 Å². The van der Waals surface area contributed by atoms with Gasteiger partial charge in [0.15, 0.2) is 0 Å². The molecule has 1 saturated heterocycles. The van der Waals surface area contributed by atoms with Crippen LogP contribution in [-0.4, -0.2) is 18.3 Å². The van der Waals surface area contributed by atoms with Crippen LogP contribution in [0.25, 0.3) is 0 Å². The minimum Gasteiger partial charge on any atom is -0.487 e. The Morgan fingerprint density at radius 1 is 1.28 bits per heavy atom. The Labute approximate surface area is 116 Å². The zero-order valence-electron chi connectivity index (χ0n) is 10.4. The molecule has 2 N–H and O–H groups in total. The Hall–Kier alpha value is -0.580. The maximum atomic E-state index is 6.24. The molecule has 0 aromatic heterocycles. The van der Waals surface area contributed by atoms with E-state index in [2.05, 4.69) is 22.9 Å². The summed E-state index contributed by atoms with van der Waals surface area (Å²) in [5.74, 6) is 0.899. The van der Waals surface area contributed by atoms with Crippen LogP contribution in [0.1, 0.15) is 37.8 Å². The molecule has 1 aromatic rings. The summed E-state index contributed by atoms with van der Waals surface area (Å²) in [4.78, 5) is 0. The highest BCUT2D eigenvalue weighted by molar-refractivity contribution is 9.10. The lowest BCUT2D eigenvalue weighted by atomic mass is 9.94. The molecule has 3 nitrogen and oxygen atoms in total. The van der Waals surface area contributed by atoms with Crippen LogP contribution in [0.4, 0.5) is 0 Å². The van der Waals surface area contributed by atoms with E-state index < -0.39 is 0 Å². The maximum absolute atomic E-state index is 6.24. The quantitative estimate of drug-likeness (QED) is 0.866. The lowest BCUT2D eigenvalue weighted by molar-refractivity contribution is -0.0281. The van der Waals surface area contributed by atoms with E-state index in [-0.39, 0.29) is 18.2 Å². The number of benzene rings is 1. The van der Waals surface area contributed by atoms with Crippen LogP contribution in [0.15, 0.2) is 22.7 Å². The molecule has 2 aliphatic heterocycles. The first kappa shape index (κ1) is 12.5. The molecule has 4 atom stereocenters. The molecule has 3 unspecified atom stereocenters. The normalized spacial score (nSPS) is 35.1. The minimum atomic E-state index is 0.0476. The van der Waals surface area contributed by atoms with Gasteiger partial charge in [0.25, 0.3) is 0 Å². The minimum absolute atomic E-state index is 0.0476. The Balaban J connectivity index is 1.82. The monoisotopic (exact) mass is 311 g/mol. The molecular formula is C14H18BrNO2. The summed E-state index contributed by atoms with van der Waals surface area (Å²) >= 11 is 3.47. The first-order valence-corrected chi connectivity index (χ1v) is 7.30. The zero-order valence-corrected chi connectivity index (χ0v) is 12.0. The molecule has 0 radical (unpaired) electrons. The van der Waals surface area contributed by atoms with Gasteiger partial charge in [0.05, 0.1) is 12.2 Å². The van der Waals surface area contributed by atoms with E-state index >= 15 is 0 Å². The standard InChI is InChI=1S/C14H18BrNO2/c1-8-2-5-12(17-8)14-7-11(16)10-4-3-9(15)6-13(10)18-14/h3-4,6,8,11-12,14H,2,5,7,16H2,1H3/t8?,11-,12?,14?/m1/s1. The van der Waals surface area contributed by atoms with Crippen molar-refractivity contribution in [3.05, 3.63) is 28.2 Å². The number of nitrogens with two attached hydrogens (primary N) is 1. The topological polar surface area (TPSA) is 44.5 Å². The summed E-state index contributed by atoms with van der Waals surface area (Å²) in [6.07, 6.45) is 3.66. The van der Waals surface area contributed by atoms with E-state index in [1.165, 1.54) is 0 Å². The Morgan fingerprint density at radius 3 is 2.83 bits per heavy atom. The molecule has 0 bridgehead atoms. The first-order valence-electron chi connectivity index (χ1n) is 6.50. The van der Waals surface area contributed by atoms with Gasteiger partial charge in [-0.2, -0.15) is 0 Å². The molecule has 3 rings (SSSR count). The third kappa shape index (κ3) is 2.29. The van der Waals surface area contributed by atoms with Crippen molar-refractivity contribution in [3.8, 4) is 5.75 Å². The van der Waals surface area contributed by atoms with Gasteiger partial charge in [-0.15, -0.1) is 0 Å². The molecule has 18 heavy (non-hydrogen) atoms. The van der Waals surface area contributed by atoms with Crippen LogP contribution in [0.3, 0.4) is 0 Å². The molecule has 98 valence electrons. The number of hydrogen-bond donors (Lipinski definition) is 1. The SMILES string of the molecule is CC1CCC(C2C[C@@H](N)c3ccc(Br)cc3O2)O1. The average molecular weight is 312 g/mol. The molecule has 0 spiro atoms. The highest BCUT2D eigenvalue weighted by Crippen LogP contribution is 2.38. The highest BCUT2D eigenvalue weighted by atomic mass is 79.9. The Morgan fingerprint density at radius 2 is 2.11 bits per heavy atom. The Kier molecular flexibility index (Phi) is 3.34. The molecule has 2 heterocycles. The van der Waals surface area contributed by atoms with Crippen molar-refractivity contribution in [1.29, 1.82) is 0 Å². The molecule has 0 amide bonds. The Bertz CT molecular complexity index is 451. The summed E-state index contributed by atoms with van der Waals surface area (Å²) in [6.45, 7) is 2.12. The summed E-state index contributed by atoms with van der Waals surface area (Å²) in [5.41, 5.74) is 7.34. The van der Waals surface area contributed by atoms with Gasteiger partial charge in [-0.05, 0) is 31.9 Å². The van der Waals surface area contributed by atoms with Crippen molar-refractivity contribution in [2.24, 2.45) is 5.73 Å². The number of ether oxygens (including phenoxy) is 2. The largest absolute Gasteiger partial charge is 0.487 e. The van der Waals surface area contributed by atoms with Gasteiger partial charge in [0, 0.05) is 22.5 Å². The fourth-order valence-corrected chi connectivity index (χ4v) is 3.18. The van der Waals surface area contributed by atoms with Gasteiger partial charge in [-0.25, -0.2) is 0 Å². The van der Waals surface area contributed by atoms with E-state index in [0.717, 1.165) is 35.0 Å². The van der Waals surface area contributed by atoms with Crippen LogP contribution >= 0.6 is 15.9 Å². The van der Waals surface area contributed by atoms with Crippen molar-refractivity contribution >= 4 is 15.9 Å². The fourth-order valence-electron chi connectivity index (χ4n) is 2.84. The lowest BCUT2D eigenvalue weighted by Crippen LogP contribution is -2.38. The second-order valence-corrected chi connectivity index (χ2v) is 6.16. The molecule has 0 aliphatic carbocycles. The average Bonchev–Trinajstić information content (AvgIpc) is 2.75. The van der Waals surface area contributed by atoms with Crippen molar-refractivity contribution in [2.75, 3.05) is 0 Å². The summed E-state index contributed by atoms with van der Waals surface area (Å²) < 4.78 is 13.0. The number of fused-ring (bicyclic) bond motifs is 1. The van der Waals surface area contributed by atoms with Crippen LogP contribution in [0.2, 0.25) is 0 Å². The molecular weight excluding hydrogens is 294 g/mol. The summed E-state index contributed by atoms with van der Waals surface area (Å²) in [7, 11) is 0. The van der Waals surface area contributed by atoms with E-state index in [0.29, 0.717) is 6.10 Å². The van der Waals surface area contributed by atoms with Gasteiger partial charge >= 0.3 is 0 Å². The van der Waals surface area contributed by atoms with Gasteiger partial charge < -0.3 is 15.2 Å². The third-order valence-electron chi connectivity index (χ3n) is 3.82. The number of halogens is 1. The van der Waals surface area contributed by atoms with Gasteiger partial charge in [-0.1, -0.05) is 22.0 Å². The van der Waals surface area contributed by atoms with Gasteiger partial charge in [0.2, 0.25) is 0 Å². The van der Waals surface area contributed by atoms with E-state index in [1.807, 2.05) is 18.2 Å². The first-order chi connectivity index (χ1) is 8.63. The van der Waals surface area contributed by atoms with Gasteiger partial charge in [-0.3, -0.25) is 0 Å². The predicted molar refractivity (Wildman–Crippen MR) is 73.7 cm³/mol. The molecule has 1 aromatic carbocycles. The number of hydrogen-bond acceptors (Lipinski definition) is 3. The fraction of sp³-hybridized carbons (Fsp3) is 0.571. The van der Waals surface area contributed by atoms with E-state index in [9.17, 15) is 0 Å². The molecule has 4 heteroatoms. The molecule has 1 fully saturated rings. The predicted octanol–water partition coefficient (Wildman–Crippen LogP) is 3.17. The smallest absolute Gasteiger partial charge is 0.127 e. The third-order valence-corrected chi connectivity index (χ3v) is 4.31. The lowest BCUT2D eigenvalue weighted by Gasteiger charge is -2.33. The maximum Gasteiger partial charge on any atom is 0.127 e. The van der Waals surface area contributed by atoms with Crippen molar-refractivity contribution in [3.63, 3.8) is 0 Å². The van der Waals surface area contributed by atoms with E-state index in [1.54, 1.807) is 0 Å². The summed E-state index contributed by atoms with van der Waals surface area (Å²) in [6, 6.07) is 6.10. The van der Waals surface area contributed by atoms with Crippen LogP contribution < -0.4 is 10.5 Å².